The predicted molar refractivity (Wildman–Crippen MR) is 61.1 cm³/mol. The van der Waals surface area contributed by atoms with Gasteiger partial charge in [0.2, 0.25) is 0 Å². The van der Waals surface area contributed by atoms with Gasteiger partial charge in [0.15, 0.2) is 10.8 Å². The van der Waals surface area contributed by atoms with Crippen molar-refractivity contribution in [2.45, 2.75) is 19.6 Å². The molecular weight excluding hydrogens is 228 g/mol. The zero-order chi connectivity index (χ0) is 12.1. The summed E-state index contributed by atoms with van der Waals surface area (Å²) in [6, 6.07) is 1.65. The number of carbonyl (C=O) groups is 2. The number of hydrogen-bond donors (Lipinski definition) is 0. The van der Waals surface area contributed by atoms with Crippen LogP contribution in [0.2, 0.25) is 0 Å². The van der Waals surface area contributed by atoms with Crippen molar-refractivity contribution < 1.29 is 14.3 Å². The van der Waals surface area contributed by atoms with E-state index in [0.717, 1.165) is 5.69 Å². The molecule has 0 aliphatic heterocycles. The van der Waals surface area contributed by atoms with E-state index < -0.39 is 5.97 Å². The van der Waals surface area contributed by atoms with Crippen LogP contribution in [-0.4, -0.2) is 27.5 Å². The van der Waals surface area contributed by atoms with Crippen LogP contribution < -0.4 is 0 Å². The van der Waals surface area contributed by atoms with Crippen molar-refractivity contribution >= 4 is 22.8 Å². The summed E-state index contributed by atoms with van der Waals surface area (Å²) < 4.78 is 6.42. The Labute approximate surface area is 98.2 Å². The number of aromatic nitrogens is 2. The molecule has 0 N–H and O–H groups in total. The van der Waals surface area contributed by atoms with Crippen molar-refractivity contribution in [1.29, 1.82) is 0 Å². The van der Waals surface area contributed by atoms with Gasteiger partial charge in [0.25, 0.3) is 0 Å². The lowest BCUT2D eigenvalue weighted by atomic mass is 10.4. The quantitative estimate of drug-likeness (QED) is 0.746. The fraction of sp³-hybridized carbons (Fsp3) is 0.500. The van der Waals surface area contributed by atoms with Crippen LogP contribution in [0, 0.1) is 0 Å². The van der Waals surface area contributed by atoms with Gasteiger partial charge in [-0.25, -0.2) is 4.79 Å². The molecule has 0 saturated carbocycles. The number of thioether (sulfide) groups is 1. The van der Waals surface area contributed by atoms with Crippen molar-refractivity contribution in [2.75, 3.05) is 6.61 Å². The lowest BCUT2D eigenvalue weighted by molar-refractivity contribution is -0.109. The zero-order valence-corrected chi connectivity index (χ0v) is 10.3. The molecule has 0 aromatic carbocycles. The number of rotatable bonds is 4. The average molecular weight is 242 g/mol. The van der Waals surface area contributed by atoms with Gasteiger partial charge < -0.3 is 4.74 Å². The molecule has 0 aliphatic rings. The maximum atomic E-state index is 11.4. The summed E-state index contributed by atoms with van der Waals surface area (Å²) in [5.74, 6) is 0.0790. The van der Waals surface area contributed by atoms with Gasteiger partial charge in [-0.1, -0.05) is 11.8 Å². The number of aryl methyl sites for hydroxylation is 1. The van der Waals surface area contributed by atoms with Crippen LogP contribution >= 0.6 is 11.8 Å². The van der Waals surface area contributed by atoms with E-state index in [-0.39, 0.29) is 10.8 Å². The highest BCUT2D eigenvalue weighted by Gasteiger charge is 2.13. The topological polar surface area (TPSA) is 61.2 Å². The maximum absolute atomic E-state index is 11.4. The van der Waals surface area contributed by atoms with Gasteiger partial charge in [-0.15, -0.1) is 0 Å². The van der Waals surface area contributed by atoms with E-state index >= 15 is 0 Å². The zero-order valence-electron chi connectivity index (χ0n) is 9.52. The van der Waals surface area contributed by atoms with Gasteiger partial charge in [-0.05, 0) is 13.0 Å². The monoisotopic (exact) mass is 242 g/mol. The third-order valence-corrected chi connectivity index (χ3v) is 2.73. The first-order valence-electron chi connectivity index (χ1n) is 4.88. The fourth-order valence-electron chi connectivity index (χ4n) is 1.12. The normalized spacial score (nSPS) is 10.2. The first-order valence-corrected chi connectivity index (χ1v) is 5.86. The minimum atomic E-state index is -0.433. The van der Waals surface area contributed by atoms with Gasteiger partial charge in [0.05, 0.1) is 6.61 Å². The summed E-state index contributed by atoms with van der Waals surface area (Å²) in [6.45, 7) is 3.58. The molecule has 0 aliphatic carbocycles. The second-order valence-electron chi connectivity index (χ2n) is 3.15. The number of hydrogen-bond acceptors (Lipinski definition) is 5. The molecular formula is C10H14N2O3S. The molecule has 1 aromatic rings. The highest BCUT2D eigenvalue weighted by atomic mass is 32.2. The van der Waals surface area contributed by atoms with Crippen molar-refractivity contribution in [3.05, 3.63) is 17.5 Å². The van der Waals surface area contributed by atoms with Gasteiger partial charge in [0, 0.05) is 25.4 Å². The number of nitrogens with zero attached hydrogens (tertiary/aromatic N) is 2. The Morgan fingerprint density at radius 2 is 2.25 bits per heavy atom. The van der Waals surface area contributed by atoms with Gasteiger partial charge >= 0.3 is 5.97 Å². The highest BCUT2D eigenvalue weighted by Crippen LogP contribution is 2.14. The van der Waals surface area contributed by atoms with Crippen molar-refractivity contribution in [1.82, 2.24) is 9.78 Å². The Bertz CT molecular complexity index is 401. The van der Waals surface area contributed by atoms with Gasteiger partial charge in [-0.2, -0.15) is 5.10 Å². The Hall–Kier alpha value is -1.30. The molecule has 1 rings (SSSR count). The minimum absolute atomic E-state index is 0.0406. The average Bonchev–Trinajstić information content (AvgIpc) is 2.57. The van der Waals surface area contributed by atoms with Crippen molar-refractivity contribution in [2.24, 2.45) is 7.05 Å². The lowest BCUT2D eigenvalue weighted by Gasteiger charge is -1.97. The number of carbonyl (C=O) groups excluding carboxylic acids is 2. The molecule has 88 valence electrons. The lowest BCUT2D eigenvalue weighted by Crippen LogP contribution is -2.06. The summed E-state index contributed by atoms with van der Waals surface area (Å²) in [7, 11) is 1.73. The van der Waals surface area contributed by atoms with Crippen LogP contribution in [0.1, 0.15) is 30.0 Å². The molecule has 0 fully saturated rings. The van der Waals surface area contributed by atoms with E-state index in [1.165, 1.54) is 18.7 Å². The second kappa shape index (κ2) is 5.69. The summed E-state index contributed by atoms with van der Waals surface area (Å²) >= 11 is 1.19. The molecule has 16 heavy (non-hydrogen) atoms. The maximum Gasteiger partial charge on any atom is 0.358 e. The van der Waals surface area contributed by atoms with E-state index in [1.807, 2.05) is 0 Å². The summed E-state index contributed by atoms with van der Waals surface area (Å²) in [6.07, 6.45) is 0. The van der Waals surface area contributed by atoms with Crippen LogP contribution in [0.4, 0.5) is 0 Å². The van der Waals surface area contributed by atoms with E-state index in [4.69, 9.17) is 4.74 Å². The van der Waals surface area contributed by atoms with E-state index in [9.17, 15) is 9.59 Å². The largest absolute Gasteiger partial charge is 0.461 e. The molecule has 1 heterocycles. The van der Waals surface area contributed by atoms with Gasteiger partial charge in [-0.3, -0.25) is 9.48 Å². The fourth-order valence-corrected chi connectivity index (χ4v) is 1.74. The minimum Gasteiger partial charge on any atom is -0.461 e. The number of esters is 1. The van der Waals surface area contributed by atoms with Gasteiger partial charge in [0.1, 0.15) is 0 Å². The SMILES string of the molecule is CCOC(=O)c1cc(CSC(C)=O)n(C)n1. The number of ether oxygens (including phenoxy) is 1. The predicted octanol–water partition coefficient (Wildman–Crippen LogP) is 1.38. The summed E-state index contributed by atoms with van der Waals surface area (Å²) in [5, 5.41) is 4.07. The van der Waals surface area contributed by atoms with E-state index in [0.29, 0.717) is 12.4 Å². The molecule has 0 radical (unpaired) electrons. The second-order valence-corrected chi connectivity index (χ2v) is 4.30. The van der Waals surface area contributed by atoms with Crippen LogP contribution in [0.3, 0.4) is 0 Å². The van der Waals surface area contributed by atoms with E-state index in [2.05, 4.69) is 5.10 Å². The third kappa shape index (κ3) is 3.37. The molecule has 0 bridgehead atoms. The van der Waals surface area contributed by atoms with E-state index in [1.54, 1.807) is 24.7 Å². The molecule has 0 spiro atoms. The Morgan fingerprint density at radius 1 is 1.56 bits per heavy atom. The molecule has 0 atom stereocenters. The first-order chi connectivity index (χ1) is 7.54. The Kier molecular flexibility index (Phi) is 4.54. The highest BCUT2D eigenvalue weighted by molar-refractivity contribution is 8.12. The van der Waals surface area contributed by atoms with Crippen LogP contribution in [-0.2, 0) is 22.3 Å². The molecule has 6 heteroatoms. The van der Waals surface area contributed by atoms with Crippen LogP contribution in [0.15, 0.2) is 6.07 Å². The first kappa shape index (κ1) is 12.8. The summed E-state index contributed by atoms with van der Waals surface area (Å²) in [5.41, 5.74) is 1.10. The molecule has 5 nitrogen and oxygen atoms in total. The van der Waals surface area contributed by atoms with Crippen molar-refractivity contribution in [3.8, 4) is 0 Å². The molecule has 1 aromatic heterocycles. The molecule has 0 saturated heterocycles. The Balaban J connectivity index is 2.73. The van der Waals surface area contributed by atoms with Crippen molar-refractivity contribution in [3.63, 3.8) is 0 Å². The molecule has 0 amide bonds. The van der Waals surface area contributed by atoms with Crippen LogP contribution in [0.25, 0.3) is 0 Å². The molecule has 0 unspecified atom stereocenters. The Morgan fingerprint density at radius 3 is 2.81 bits per heavy atom. The smallest absolute Gasteiger partial charge is 0.358 e. The van der Waals surface area contributed by atoms with Crippen LogP contribution in [0.5, 0.6) is 0 Å². The standard InChI is InChI=1S/C10H14N2O3S/c1-4-15-10(14)9-5-8(12(3)11-9)6-16-7(2)13/h5H,4,6H2,1-3H3. The summed E-state index contributed by atoms with van der Waals surface area (Å²) in [4.78, 5) is 22.2. The third-order valence-electron chi connectivity index (χ3n) is 1.88.